The van der Waals surface area contributed by atoms with E-state index in [9.17, 15) is 15.0 Å². The van der Waals surface area contributed by atoms with Gasteiger partial charge in [-0.3, -0.25) is 4.79 Å². The summed E-state index contributed by atoms with van der Waals surface area (Å²) in [6, 6.07) is -0.622. The van der Waals surface area contributed by atoms with E-state index in [1.807, 2.05) is 6.08 Å². The number of allylic oxidation sites excluding steroid dienone is 3. The van der Waals surface area contributed by atoms with Crippen molar-refractivity contribution in [2.24, 2.45) is 0 Å². The smallest absolute Gasteiger partial charge is 0.220 e. The molecule has 362 valence electrons. The molecule has 2 unspecified atom stereocenters. The number of hydrogen-bond acceptors (Lipinski definition) is 3. The number of carbonyl (C=O) groups is 1. The monoisotopic (exact) mass is 858 g/mol. The number of carbonyl (C=O) groups excluding carboxylic acids is 1. The Kier molecular flexibility index (Phi) is 52.2. The van der Waals surface area contributed by atoms with E-state index in [-0.39, 0.29) is 12.5 Å². The van der Waals surface area contributed by atoms with Crippen LogP contribution in [0, 0.1) is 0 Å². The molecule has 61 heavy (non-hydrogen) atoms. The van der Waals surface area contributed by atoms with Crippen LogP contribution in [0.3, 0.4) is 0 Å². The molecule has 1 amide bonds. The Balaban J connectivity index is 3.47. The summed E-state index contributed by atoms with van der Waals surface area (Å²) in [7, 11) is 0. The molecule has 2 atom stereocenters. The summed E-state index contributed by atoms with van der Waals surface area (Å²) >= 11 is 0. The molecule has 0 aromatic carbocycles. The lowest BCUT2D eigenvalue weighted by Crippen LogP contribution is -2.45. The zero-order chi connectivity index (χ0) is 44.2. The van der Waals surface area contributed by atoms with Crippen molar-refractivity contribution >= 4 is 5.91 Å². The van der Waals surface area contributed by atoms with Gasteiger partial charge in [0.2, 0.25) is 5.91 Å². The van der Waals surface area contributed by atoms with Gasteiger partial charge in [0.05, 0.1) is 18.8 Å². The maximum absolute atomic E-state index is 12.5. The predicted molar refractivity (Wildman–Crippen MR) is 272 cm³/mol. The molecule has 0 aromatic rings. The summed E-state index contributed by atoms with van der Waals surface area (Å²) in [5, 5.41) is 23.2. The molecule has 0 bridgehead atoms. The number of aliphatic hydroxyl groups excluding tert-OH is 2. The molecular formula is C57H111NO3. The third-order valence-corrected chi connectivity index (χ3v) is 13.2. The highest BCUT2D eigenvalue weighted by Crippen LogP contribution is 2.17. The molecule has 4 heteroatoms. The van der Waals surface area contributed by atoms with E-state index in [1.165, 1.54) is 270 Å². The van der Waals surface area contributed by atoms with Crippen molar-refractivity contribution < 1.29 is 15.0 Å². The second-order valence-corrected chi connectivity index (χ2v) is 19.4. The second kappa shape index (κ2) is 53.2. The Hall–Kier alpha value is -1.13. The quantitative estimate of drug-likeness (QED) is 0.0422. The van der Waals surface area contributed by atoms with Crippen molar-refractivity contribution in [2.45, 2.75) is 328 Å². The molecule has 0 aliphatic carbocycles. The molecule has 0 radical (unpaired) electrons. The van der Waals surface area contributed by atoms with Gasteiger partial charge in [0, 0.05) is 6.42 Å². The molecular weight excluding hydrogens is 747 g/mol. The summed E-state index contributed by atoms with van der Waals surface area (Å²) in [4.78, 5) is 12.5. The number of unbranched alkanes of at least 4 members (excludes halogenated alkanes) is 43. The third kappa shape index (κ3) is 49.7. The maximum atomic E-state index is 12.5. The molecule has 0 saturated carbocycles. The van der Waals surface area contributed by atoms with Crippen molar-refractivity contribution in [2.75, 3.05) is 6.61 Å². The van der Waals surface area contributed by atoms with Crippen molar-refractivity contribution in [3.05, 3.63) is 24.3 Å². The maximum Gasteiger partial charge on any atom is 0.220 e. The summed E-state index contributed by atoms with van der Waals surface area (Å²) in [5.41, 5.74) is 0. The lowest BCUT2D eigenvalue weighted by molar-refractivity contribution is -0.123. The molecule has 0 spiro atoms. The van der Waals surface area contributed by atoms with Crippen LogP contribution in [0.2, 0.25) is 0 Å². The van der Waals surface area contributed by atoms with Crippen LogP contribution in [0.15, 0.2) is 24.3 Å². The fraction of sp³-hybridized carbons (Fsp3) is 0.912. The number of hydrogen-bond donors (Lipinski definition) is 3. The predicted octanol–water partition coefficient (Wildman–Crippen LogP) is 18.3. The Morgan fingerprint density at radius 2 is 0.623 bits per heavy atom. The van der Waals surface area contributed by atoms with Crippen molar-refractivity contribution in [3.63, 3.8) is 0 Å². The van der Waals surface area contributed by atoms with Crippen molar-refractivity contribution in [3.8, 4) is 0 Å². The molecule has 0 fully saturated rings. The minimum Gasteiger partial charge on any atom is -0.394 e. The van der Waals surface area contributed by atoms with Crippen LogP contribution >= 0.6 is 0 Å². The standard InChI is InChI=1S/C57H111NO3/c1-3-5-7-9-11-13-15-17-19-21-23-25-26-27-28-29-30-31-33-34-36-38-40-42-44-46-48-50-52-56(60)55(54-59)58-57(61)53-51-49-47-45-43-41-39-37-35-32-24-22-20-18-16-14-12-10-8-6-4-2/h22,24,50,52,55-56,59-60H,3-21,23,25-49,51,53-54H2,1-2H3,(H,58,61)/b24-22-,52-50+. The van der Waals surface area contributed by atoms with Crippen LogP contribution in [0.4, 0.5) is 0 Å². The van der Waals surface area contributed by atoms with Gasteiger partial charge in [0.1, 0.15) is 0 Å². The van der Waals surface area contributed by atoms with Crippen LogP contribution < -0.4 is 5.32 Å². The van der Waals surface area contributed by atoms with E-state index < -0.39 is 12.1 Å². The van der Waals surface area contributed by atoms with Gasteiger partial charge in [-0.2, -0.15) is 0 Å². The zero-order valence-electron chi connectivity index (χ0n) is 41.7. The van der Waals surface area contributed by atoms with Gasteiger partial charge in [-0.05, 0) is 44.9 Å². The molecule has 0 rings (SSSR count). The van der Waals surface area contributed by atoms with E-state index in [1.54, 1.807) is 6.08 Å². The summed E-state index contributed by atoms with van der Waals surface area (Å²) < 4.78 is 0. The minimum absolute atomic E-state index is 0.0613. The number of aliphatic hydroxyl groups is 2. The first kappa shape index (κ1) is 59.9. The van der Waals surface area contributed by atoms with Gasteiger partial charge in [0.25, 0.3) is 0 Å². The molecule has 0 aliphatic rings. The van der Waals surface area contributed by atoms with Crippen LogP contribution in [-0.4, -0.2) is 34.9 Å². The minimum atomic E-state index is -0.839. The average molecular weight is 859 g/mol. The van der Waals surface area contributed by atoms with E-state index in [4.69, 9.17) is 0 Å². The van der Waals surface area contributed by atoms with Gasteiger partial charge < -0.3 is 15.5 Å². The summed E-state index contributed by atoms with van der Waals surface area (Å²) in [6.45, 7) is 4.34. The molecule has 0 saturated heterocycles. The largest absolute Gasteiger partial charge is 0.394 e. The van der Waals surface area contributed by atoms with Gasteiger partial charge in [-0.15, -0.1) is 0 Å². The molecule has 0 heterocycles. The van der Waals surface area contributed by atoms with Crippen LogP contribution in [-0.2, 0) is 4.79 Å². The normalized spacial score (nSPS) is 12.9. The SMILES string of the molecule is CCCCCCCCCC/C=C\CCCCCCCCCCCC(=O)NC(CO)C(O)/C=C/CCCCCCCCCCCCCCCCCCCCCCCCCCCC. The zero-order valence-corrected chi connectivity index (χ0v) is 41.7. The van der Waals surface area contributed by atoms with E-state index in [0.29, 0.717) is 6.42 Å². The van der Waals surface area contributed by atoms with Gasteiger partial charge in [-0.25, -0.2) is 0 Å². The van der Waals surface area contributed by atoms with E-state index in [2.05, 4.69) is 31.3 Å². The van der Waals surface area contributed by atoms with E-state index >= 15 is 0 Å². The highest BCUT2D eigenvalue weighted by atomic mass is 16.3. The fourth-order valence-electron chi connectivity index (χ4n) is 8.88. The van der Waals surface area contributed by atoms with Crippen LogP contribution in [0.5, 0.6) is 0 Å². The highest BCUT2D eigenvalue weighted by Gasteiger charge is 2.18. The van der Waals surface area contributed by atoms with Crippen molar-refractivity contribution in [1.82, 2.24) is 5.32 Å². The number of amides is 1. The number of nitrogens with one attached hydrogen (secondary N) is 1. The Morgan fingerprint density at radius 1 is 0.377 bits per heavy atom. The van der Waals surface area contributed by atoms with Gasteiger partial charge in [-0.1, -0.05) is 289 Å². The Bertz CT molecular complexity index is 886. The number of rotatable bonds is 52. The van der Waals surface area contributed by atoms with Crippen molar-refractivity contribution in [1.29, 1.82) is 0 Å². The topological polar surface area (TPSA) is 69.6 Å². The third-order valence-electron chi connectivity index (χ3n) is 13.2. The van der Waals surface area contributed by atoms with Gasteiger partial charge in [0.15, 0.2) is 0 Å². The Morgan fingerprint density at radius 3 is 0.902 bits per heavy atom. The first-order chi connectivity index (χ1) is 30.2. The average Bonchev–Trinajstić information content (AvgIpc) is 3.26. The molecule has 0 aliphatic heterocycles. The lowest BCUT2D eigenvalue weighted by atomic mass is 10.0. The van der Waals surface area contributed by atoms with Crippen LogP contribution in [0.25, 0.3) is 0 Å². The fourth-order valence-corrected chi connectivity index (χ4v) is 8.88. The van der Waals surface area contributed by atoms with E-state index in [0.717, 1.165) is 25.7 Å². The summed E-state index contributed by atoms with van der Waals surface area (Å²) in [6.07, 6.45) is 70.5. The van der Waals surface area contributed by atoms with Gasteiger partial charge >= 0.3 is 0 Å². The second-order valence-electron chi connectivity index (χ2n) is 19.4. The first-order valence-corrected chi connectivity index (χ1v) is 28.1. The highest BCUT2D eigenvalue weighted by molar-refractivity contribution is 5.76. The molecule has 3 N–H and O–H groups in total. The molecule has 0 aromatic heterocycles. The lowest BCUT2D eigenvalue weighted by Gasteiger charge is -2.20. The molecule has 4 nitrogen and oxygen atoms in total. The summed E-state index contributed by atoms with van der Waals surface area (Å²) in [5.74, 6) is -0.0613. The first-order valence-electron chi connectivity index (χ1n) is 28.1. The van der Waals surface area contributed by atoms with Crippen LogP contribution in [0.1, 0.15) is 316 Å². The Labute approximate surface area is 383 Å².